The van der Waals surface area contributed by atoms with Gasteiger partial charge in [-0.25, -0.2) is 0 Å². The van der Waals surface area contributed by atoms with E-state index in [0.29, 0.717) is 25.9 Å². The van der Waals surface area contributed by atoms with Crippen LogP contribution in [0.25, 0.3) is 0 Å². The Hall–Kier alpha value is -1.66. The number of carbonyl (C=O) groups is 2. The smallest absolute Gasteiger partial charge is 0.305 e. The second-order valence-corrected chi connectivity index (χ2v) is 26.3. The fraction of sp³-hybridized carbons (Fsp3) is 0.922. The maximum atomic E-state index is 12.5. The van der Waals surface area contributed by atoms with Crippen molar-refractivity contribution in [3.8, 4) is 0 Å². The predicted molar refractivity (Wildman–Crippen MR) is 366 cm³/mol. The molecule has 0 aromatic carbocycles. The minimum atomic E-state index is -0.657. The average molecular weight is 1170 g/mol. The van der Waals surface area contributed by atoms with Crippen LogP contribution in [-0.2, 0) is 14.3 Å². The van der Waals surface area contributed by atoms with Gasteiger partial charge in [-0.05, 0) is 57.8 Å². The van der Waals surface area contributed by atoms with Crippen LogP contribution in [0.15, 0.2) is 24.3 Å². The van der Waals surface area contributed by atoms with E-state index in [0.717, 1.165) is 51.4 Å². The van der Waals surface area contributed by atoms with Gasteiger partial charge >= 0.3 is 5.97 Å². The van der Waals surface area contributed by atoms with Crippen LogP contribution >= 0.6 is 0 Å². The van der Waals surface area contributed by atoms with Crippen LogP contribution < -0.4 is 5.32 Å². The highest BCUT2D eigenvalue weighted by atomic mass is 16.5. The zero-order chi connectivity index (χ0) is 59.9. The molecule has 2 atom stereocenters. The molecule has 0 spiro atoms. The zero-order valence-electron chi connectivity index (χ0n) is 56.5. The Labute approximate surface area is 520 Å². The fourth-order valence-electron chi connectivity index (χ4n) is 12.2. The molecule has 1 amide bonds. The maximum Gasteiger partial charge on any atom is 0.305 e. The highest BCUT2D eigenvalue weighted by Crippen LogP contribution is 2.20. The molecule has 6 nitrogen and oxygen atoms in total. The third-order valence-electron chi connectivity index (χ3n) is 18.0. The van der Waals surface area contributed by atoms with Crippen LogP contribution in [-0.4, -0.2) is 47.4 Å². The first-order valence-corrected chi connectivity index (χ1v) is 38.1. The molecule has 0 aliphatic rings. The van der Waals surface area contributed by atoms with Crippen molar-refractivity contribution < 1.29 is 24.5 Å². The molecule has 0 bridgehead atoms. The molecule has 3 N–H and O–H groups in total. The molecule has 0 fully saturated rings. The number of carbonyl (C=O) groups excluding carboxylic acids is 2. The molecule has 492 valence electrons. The summed E-state index contributed by atoms with van der Waals surface area (Å²) in [6.45, 7) is 4.95. The molecule has 0 aromatic rings. The summed E-state index contributed by atoms with van der Waals surface area (Å²) < 4.78 is 5.51. The second-order valence-electron chi connectivity index (χ2n) is 26.3. The van der Waals surface area contributed by atoms with E-state index < -0.39 is 12.1 Å². The van der Waals surface area contributed by atoms with Crippen molar-refractivity contribution in [2.45, 2.75) is 443 Å². The highest BCUT2D eigenvalue weighted by Gasteiger charge is 2.20. The number of hydrogen-bond donors (Lipinski definition) is 3. The van der Waals surface area contributed by atoms with Crippen molar-refractivity contribution in [3.63, 3.8) is 0 Å². The van der Waals surface area contributed by atoms with Gasteiger partial charge in [0.1, 0.15) is 0 Å². The molecule has 0 rings (SSSR count). The Morgan fingerprint density at radius 2 is 0.602 bits per heavy atom. The van der Waals surface area contributed by atoms with Crippen LogP contribution in [0.5, 0.6) is 0 Å². The first-order chi connectivity index (χ1) is 41.0. The molecule has 0 aliphatic carbocycles. The topological polar surface area (TPSA) is 95.9 Å². The van der Waals surface area contributed by atoms with Crippen molar-refractivity contribution in [1.29, 1.82) is 0 Å². The van der Waals surface area contributed by atoms with E-state index in [4.69, 9.17) is 4.74 Å². The van der Waals surface area contributed by atoms with Gasteiger partial charge in [0.2, 0.25) is 5.91 Å². The minimum absolute atomic E-state index is 0.0169. The van der Waals surface area contributed by atoms with E-state index in [1.165, 1.54) is 347 Å². The Morgan fingerprint density at radius 1 is 0.337 bits per heavy atom. The molecule has 83 heavy (non-hydrogen) atoms. The van der Waals surface area contributed by atoms with Gasteiger partial charge in [-0.2, -0.15) is 0 Å². The third kappa shape index (κ3) is 69.3. The SMILES string of the molecule is CCCCC/C=C\C/C=C\CCCCCCCCCC(=O)OCCCCCCCCCCCCCCCCCCCCCCCCCCCCCCCCCCCCCCCCCC(=O)NC(CO)C(O)CCCCCCCCCCCC. The van der Waals surface area contributed by atoms with Gasteiger partial charge in [-0.15, -0.1) is 0 Å². The van der Waals surface area contributed by atoms with Crippen LogP contribution in [0, 0.1) is 0 Å². The normalized spacial score (nSPS) is 12.6. The lowest BCUT2D eigenvalue weighted by atomic mass is 10.0. The molecule has 0 saturated heterocycles. The number of allylic oxidation sites excluding steroid dienone is 4. The number of rotatable bonds is 72. The van der Waals surface area contributed by atoms with Crippen molar-refractivity contribution in [3.05, 3.63) is 24.3 Å². The molecule has 0 heterocycles. The van der Waals surface area contributed by atoms with Crippen molar-refractivity contribution in [1.82, 2.24) is 5.32 Å². The zero-order valence-corrected chi connectivity index (χ0v) is 56.5. The molecule has 6 heteroatoms. The quantitative estimate of drug-likeness (QED) is 0.0320. The predicted octanol–water partition coefficient (Wildman–Crippen LogP) is 24.9. The molecule has 0 saturated carbocycles. The maximum absolute atomic E-state index is 12.5. The van der Waals surface area contributed by atoms with Crippen molar-refractivity contribution >= 4 is 11.9 Å². The summed E-state index contributed by atoms with van der Waals surface area (Å²) in [5.41, 5.74) is 0. The fourth-order valence-corrected chi connectivity index (χ4v) is 12.2. The van der Waals surface area contributed by atoms with E-state index in [1.807, 2.05) is 0 Å². The first-order valence-electron chi connectivity index (χ1n) is 38.1. The van der Waals surface area contributed by atoms with Gasteiger partial charge in [0.15, 0.2) is 0 Å². The number of aliphatic hydroxyl groups is 2. The Balaban J connectivity index is 3.26. The molecule has 0 radical (unpaired) electrons. The van der Waals surface area contributed by atoms with E-state index in [9.17, 15) is 19.8 Å². The monoisotopic (exact) mass is 1170 g/mol. The molecule has 0 aliphatic heterocycles. The van der Waals surface area contributed by atoms with Gasteiger partial charge < -0.3 is 20.3 Å². The number of esters is 1. The summed E-state index contributed by atoms with van der Waals surface area (Å²) >= 11 is 0. The largest absolute Gasteiger partial charge is 0.466 e. The summed E-state index contributed by atoms with van der Waals surface area (Å²) in [6, 6.07) is -0.534. The molecule has 0 aromatic heterocycles. The number of hydrogen-bond acceptors (Lipinski definition) is 5. The van der Waals surface area contributed by atoms with Crippen LogP contribution in [0.1, 0.15) is 431 Å². The highest BCUT2D eigenvalue weighted by molar-refractivity contribution is 5.76. The van der Waals surface area contributed by atoms with Crippen molar-refractivity contribution in [2.75, 3.05) is 13.2 Å². The standard InChI is InChI=1S/C77H149NO5/c1-3-5-7-9-11-13-15-16-17-41-45-48-51-55-59-63-67-71-77(82)83-72-68-64-60-56-52-49-46-43-40-38-36-34-32-30-28-26-24-22-20-18-19-21-23-25-27-29-31-33-35-37-39-42-44-47-50-54-58-62-66-70-76(81)78-74(73-79)75(80)69-65-61-57-53-14-12-10-8-6-4-2/h11,13,16-17,74-75,79-80H,3-10,12,14-15,18-73H2,1-2H3,(H,78,81)/b13-11-,17-16-. The van der Waals surface area contributed by atoms with E-state index in [2.05, 4.69) is 43.5 Å². The van der Waals surface area contributed by atoms with E-state index in [-0.39, 0.29) is 18.5 Å². The number of unbranched alkanes of at least 4 members (excludes halogenated alkanes) is 57. The van der Waals surface area contributed by atoms with E-state index in [1.54, 1.807) is 0 Å². The molecule has 2 unspecified atom stereocenters. The summed E-state index contributed by atoms with van der Waals surface area (Å²) in [5, 5.41) is 23.2. The summed E-state index contributed by atoms with van der Waals surface area (Å²) in [6.07, 6.45) is 92.8. The number of ether oxygens (including phenoxy) is 1. The first kappa shape index (κ1) is 81.3. The van der Waals surface area contributed by atoms with Crippen LogP contribution in [0.3, 0.4) is 0 Å². The summed E-state index contributed by atoms with van der Waals surface area (Å²) in [4.78, 5) is 24.6. The number of nitrogens with one attached hydrogen (secondary N) is 1. The second kappa shape index (κ2) is 72.8. The Bertz CT molecular complexity index is 1300. The average Bonchev–Trinajstić information content (AvgIpc) is 3.50. The lowest BCUT2D eigenvalue weighted by molar-refractivity contribution is -0.143. The molecular formula is C77H149NO5. The lowest BCUT2D eigenvalue weighted by Gasteiger charge is -2.22. The Morgan fingerprint density at radius 3 is 0.940 bits per heavy atom. The van der Waals surface area contributed by atoms with Gasteiger partial charge in [-0.1, -0.05) is 385 Å². The minimum Gasteiger partial charge on any atom is -0.466 e. The summed E-state index contributed by atoms with van der Waals surface area (Å²) in [7, 11) is 0. The Kier molecular flexibility index (Phi) is 71.4. The van der Waals surface area contributed by atoms with Crippen molar-refractivity contribution in [2.24, 2.45) is 0 Å². The van der Waals surface area contributed by atoms with Gasteiger partial charge in [0.05, 0.1) is 25.4 Å². The lowest BCUT2D eigenvalue weighted by Crippen LogP contribution is -2.45. The number of amides is 1. The van der Waals surface area contributed by atoms with Gasteiger partial charge in [-0.3, -0.25) is 9.59 Å². The van der Waals surface area contributed by atoms with Gasteiger partial charge in [0.25, 0.3) is 0 Å². The van der Waals surface area contributed by atoms with E-state index >= 15 is 0 Å². The third-order valence-corrected chi connectivity index (χ3v) is 18.0. The van der Waals surface area contributed by atoms with Gasteiger partial charge in [0, 0.05) is 12.8 Å². The van der Waals surface area contributed by atoms with Crippen LogP contribution in [0.2, 0.25) is 0 Å². The molecular weight excluding hydrogens is 1020 g/mol. The van der Waals surface area contributed by atoms with Crippen LogP contribution in [0.4, 0.5) is 0 Å². The number of aliphatic hydroxyl groups excluding tert-OH is 2. The summed E-state index contributed by atoms with van der Waals surface area (Å²) in [5.74, 6) is -0.0114.